The Balaban J connectivity index is 0.000000286. The minimum Gasteiger partial charge on any atom is -0.497 e. The van der Waals surface area contributed by atoms with Crippen LogP contribution in [0.5, 0.6) is 5.75 Å². The smallest absolute Gasteiger partial charge is 0.490 e. The van der Waals surface area contributed by atoms with E-state index in [1.807, 2.05) is 12.1 Å². The lowest BCUT2D eigenvalue weighted by Gasteiger charge is -2.46. The second kappa shape index (κ2) is 11.8. The van der Waals surface area contributed by atoms with E-state index in [1.54, 1.807) is 7.11 Å². The minimum atomic E-state index is -5.08. The number of methoxy groups -OCH3 is 1. The predicted molar refractivity (Wildman–Crippen MR) is 116 cm³/mol. The van der Waals surface area contributed by atoms with Crippen LogP contribution in [0.3, 0.4) is 0 Å². The number of ether oxygens (including phenoxy) is 1. The molecule has 1 aromatic heterocycles. The number of alkyl halides is 6. The zero-order valence-electron chi connectivity index (χ0n) is 19.7. The number of aromatic nitrogens is 3. The van der Waals surface area contributed by atoms with Gasteiger partial charge in [0, 0.05) is 12.1 Å². The number of piperidine rings is 1. The molecule has 0 unspecified atom stereocenters. The molecule has 16 heteroatoms. The van der Waals surface area contributed by atoms with Crippen molar-refractivity contribution in [1.82, 2.24) is 25.0 Å². The van der Waals surface area contributed by atoms with E-state index < -0.39 is 24.3 Å². The molecule has 2 aliphatic rings. The minimum absolute atomic E-state index is 0.104. The number of likely N-dealkylation sites (N-methyl/N-ethyl adjacent to an activating group) is 1. The van der Waals surface area contributed by atoms with Gasteiger partial charge in [-0.1, -0.05) is 0 Å². The van der Waals surface area contributed by atoms with Crippen molar-refractivity contribution in [2.75, 3.05) is 33.8 Å². The molecule has 2 aromatic rings. The van der Waals surface area contributed by atoms with Gasteiger partial charge in [0.1, 0.15) is 11.6 Å². The fourth-order valence-electron chi connectivity index (χ4n) is 3.99. The molecule has 4 rings (SSSR count). The Hall–Kier alpha value is -3.40. The summed E-state index contributed by atoms with van der Waals surface area (Å²) in [5, 5.41) is 26.8. The van der Waals surface area contributed by atoms with Gasteiger partial charge >= 0.3 is 24.3 Å². The number of benzene rings is 1. The maximum atomic E-state index is 10.6. The van der Waals surface area contributed by atoms with Gasteiger partial charge in [-0.05, 0) is 57.2 Å². The molecule has 2 aliphatic heterocycles. The molecule has 1 aromatic carbocycles. The highest BCUT2D eigenvalue weighted by Crippen LogP contribution is 2.37. The third-order valence-corrected chi connectivity index (χ3v) is 5.55. The number of hydrogen-bond acceptors (Lipinski definition) is 7. The van der Waals surface area contributed by atoms with Gasteiger partial charge < -0.3 is 24.8 Å². The molecule has 1 fully saturated rings. The highest BCUT2D eigenvalue weighted by atomic mass is 19.4. The molecule has 0 saturated carbocycles. The van der Waals surface area contributed by atoms with E-state index in [-0.39, 0.29) is 5.54 Å². The normalized spacial score (nSPS) is 17.0. The fourth-order valence-corrected chi connectivity index (χ4v) is 3.99. The van der Waals surface area contributed by atoms with Crippen LogP contribution in [0, 0.1) is 0 Å². The van der Waals surface area contributed by atoms with Gasteiger partial charge in [0.2, 0.25) is 0 Å². The van der Waals surface area contributed by atoms with Gasteiger partial charge in [-0.2, -0.15) is 26.3 Å². The molecule has 3 heterocycles. The lowest BCUT2D eigenvalue weighted by molar-refractivity contribution is -0.193. The number of rotatable bonds is 2. The summed E-state index contributed by atoms with van der Waals surface area (Å²) in [7, 11) is 3.86. The zero-order valence-corrected chi connectivity index (χ0v) is 19.7. The Kier molecular flexibility index (Phi) is 9.49. The van der Waals surface area contributed by atoms with Gasteiger partial charge in [-0.25, -0.2) is 9.59 Å². The molecule has 1 saturated heterocycles. The molecule has 0 radical (unpaired) electrons. The van der Waals surface area contributed by atoms with Crippen molar-refractivity contribution in [2.45, 2.75) is 37.3 Å². The van der Waals surface area contributed by atoms with Crippen LogP contribution in [-0.4, -0.2) is 88.0 Å². The summed E-state index contributed by atoms with van der Waals surface area (Å²) in [6.07, 6.45) is -7.93. The van der Waals surface area contributed by atoms with Crippen molar-refractivity contribution in [2.24, 2.45) is 0 Å². The van der Waals surface area contributed by atoms with Crippen LogP contribution in [-0.2, 0) is 21.7 Å². The Bertz CT molecular complexity index is 1040. The van der Waals surface area contributed by atoms with Gasteiger partial charge in [-0.15, -0.1) is 10.2 Å². The van der Waals surface area contributed by atoms with Crippen LogP contribution in [0.25, 0.3) is 11.4 Å². The lowest BCUT2D eigenvalue weighted by atomic mass is 9.85. The van der Waals surface area contributed by atoms with E-state index in [0.29, 0.717) is 0 Å². The van der Waals surface area contributed by atoms with Crippen molar-refractivity contribution in [3.05, 3.63) is 30.1 Å². The number of nitrogens with zero attached hydrogens (tertiary/aromatic N) is 4. The highest BCUT2D eigenvalue weighted by Gasteiger charge is 2.42. The topological polar surface area (TPSA) is 130 Å². The van der Waals surface area contributed by atoms with Crippen molar-refractivity contribution >= 4 is 11.9 Å². The Morgan fingerprint density at radius 2 is 1.46 bits per heavy atom. The quantitative estimate of drug-likeness (QED) is 0.492. The summed E-state index contributed by atoms with van der Waals surface area (Å²) >= 11 is 0. The molecule has 3 N–H and O–H groups in total. The summed E-state index contributed by atoms with van der Waals surface area (Å²) in [6, 6.07) is 8.12. The van der Waals surface area contributed by atoms with Crippen molar-refractivity contribution < 1.29 is 50.9 Å². The summed E-state index contributed by atoms with van der Waals surface area (Å²) in [5.74, 6) is -2.59. The number of hydrogen-bond donors (Lipinski definition) is 3. The van der Waals surface area contributed by atoms with Gasteiger partial charge in [0.15, 0.2) is 5.82 Å². The zero-order chi connectivity index (χ0) is 28.0. The Labute approximate surface area is 206 Å². The summed E-state index contributed by atoms with van der Waals surface area (Å²) in [6.45, 7) is 4.02. The van der Waals surface area contributed by atoms with Crippen molar-refractivity contribution in [1.29, 1.82) is 0 Å². The SMILES string of the molecule is COc1ccc(-c2nnc3n2C2(CCNCC2)CN(C)C3)cc1.O=C(O)C(F)(F)F.O=C(O)C(F)(F)F. The monoisotopic (exact) mass is 541 g/mol. The maximum Gasteiger partial charge on any atom is 0.490 e. The molecule has 206 valence electrons. The van der Waals surface area contributed by atoms with Crippen molar-refractivity contribution in [3.63, 3.8) is 0 Å². The first-order valence-corrected chi connectivity index (χ1v) is 10.7. The predicted octanol–water partition coefficient (Wildman–Crippen LogP) is 2.74. The number of aliphatic carboxylic acids is 2. The number of carboxylic acids is 2. The standard InChI is InChI=1S/C17H23N5O.2C2HF3O2/c1-21-11-15-19-20-16(13-3-5-14(23-2)6-4-13)22(15)17(12-21)7-9-18-10-8-17;2*3-2(4,5)1(6)7/h3-6,18H,7-12H2,1-2H3;2*(H,6,7). The molecular weight excluding hydrogens is 516 g/mol. The molecular formula is C21H25F6N5O5. The molecule has 10 nitrogen and oxygen atoms in total. The molecule has 0 bridgehead atoms. The lowest BCUT2D eigenvalue weighted by Crippen LogP contribution is -2.54. The van der Waals surface area contributed by atoms with E-state index in [1.165, 1.54) is 0 Å². The molecule has 0 aliphatic carbocycles. The van der Waals surface area contributed by atoms with Crippen LogP contribution < -0.4 is 10.1 Å². The van der Waals surface area contributed by atoms with E-state index in [9.17, 15) is 26.3 Å². The van der Waals surface area contributed by atoms with Crippen LogP contribution >= 0.6 is 0 Å². The average molecular weight is 541 g/mol. The van der Waals surface area contributed by atoms with Gasteiger partial charge in [-0.3, -0.25) is 4.90 Å². The molecule has 37 heavy (non-hydrogen) atoms. The average Bonchev–Trinajstić information content (AvgIpc) is 3.24. The second-order valence-corrected chi connectivity index (χ2v) is 8.26. The van der Waals surface area contributed by atoms with E-state index in [4.69, 9.17) is 24.5 Å². The van der Waals surface area contributed by atoms with E-state index in [0.717, 1.165) is 62.0 Å². The van der Waals surface area contributed by atoms with Crippen LogP contribution in [0.15, 0.2) is 24.3 Å². The second-order valence-electron chi connectivity index (χ2n) is 8.26. The van der Waals surface area contributed by atoms with Crippen LogP contribution in [0.1, 0.15) is 18.7 Å². The third-order valence-electron chi connectivity index (χ3n) is 5.55. The number of fused-ring (bicyclic) bond motifs is 2. The first-order chi connectivity index (χ1) is 17.1. The number of halogens is 6. The Morgan fingerprint density at radius 1 is 0.973 bits per heavy atom. The van der Waals surface area contributed by atoms with Gasteiger partial charge in [0.05, 0.1) is 19.2 Å². The molecule has 0 amide bonds. The van der Waals surface area contributed by atoms with Crippen LogP contribution in [0.2, 0.25) is 0 Å². The Morgan fingerprint density at radius 3 is 1.89 bits per heavy atom. The number of nitrogens with one attached hydrogen (secondary N) is 1. The highest BCUT2D eigenvalue weighted by molar-refractivity contribution is 5.73. The van der Waals surface area contributed by atoms with Crippen LogP contribution in [0.4, 0.5) is 26.3 Å². The largest absolute Gasteiger partial charge is 0.497 e. The number of carboxylic acid groups (broad SMARTS) is 2. The molecule has 1 spiro atoms. The summed E-state index contributed by atoms with van der Waals surface area (Å²) < 4.78 is 71.1. The first-order valence-electron chi connectivity index (χ1n) is 10.7. The van der Waals surface area contributed by atoms with Gasteiger partial charge in [0.25, 0.3) is 0 Å². The number of carbonyl (C=O) groups is 2. The maximum absolute atomic E-state index is 10.6. The summed E-state index contributed by atoms with van der Waals surface area (Å²) in [4.78, 5) is 20.2. The third kappa shape index (κ3) is 7.79. The van der Waals surface area contributed by atoms with E-state index in [2.05, 4.69) is 44.2 Å². The fraction of sp³-hybridized carbons (Fsp3) is 0.524. The first kappa shape index (κ1) is 29.8. The molecule has 0 atom stereocenters. The van der Waals surface area contributed by atoms with E-state index >= 15 is 0 Å². The van der Waals surface area contributed by atoms with Crippen molar-refractivity contribution in [3.8, 4) is 17.1 Å². The summed E-state index contributed by atoms with van der Waals surface area (Å²) in [5.41, 5.74) is 1.21.